The minimum atomic E-state index is -0.810. The smallest absolute Gasteiger partial charge is 0.258 e. The molecule has 3 N–H and O–H groups in total. The van der Waals surface area contributed by atoms with E-state index in [0.717, 1.165) is 5.56 Å². The molecule has 0 saturated carbocycles. The maximum atomic E-state index is 13.9. The Labute approximate surface area is 118 Å². The molecule has 20 heavy (non-hydrogen) atoms. The predicted octanol–water partition coefficient (Wildman–Crippen LogP) is 1.20. The Hall–Kier alpha value is -1.66. The minimum absolute atomic E-state index is 0.0382. The summed E-state index contributed by atoms with van der Waals surface area (Å²) in [5, 5.41) is 3.11. The molecule has 0 heterocycles. The molecule has 0 spiro atoms. The molecule has 0 radical (unpaired) electrons. The fourth-order valence-electron chi connectivity index (χ4n) is 1.65. The van der Waals surface area contributed by atoms with Gasteiger partial charge in [0.15, 0.2) is 17.7 Å². The van der Waals surface area contributed by atoms with E-state index in [1.807, 2.05) is 0 Å². The summed E-state index contributed by atoms with van der Waals surface area (Å²) in [4.78, 5) is 11.1. The average Bonchev–Trinajstić information content (AvgIpc) is 2.42. The van der Waals surface area contributed by atoms with Crippen LogP contribution < -0.4 is 15.8 Å². The Morgan fingerprint density at radius 1 is 1.50 bits per heavy atom. The molecule has 1 aromatic carbocycles. The molecule has 0 bridgehead atoms. The van der Waals surface area contributed by atoms with Crippen LogP contribution in [0.4, 0.5) is 4.39 Å². The van der Waals surface area contributed by atoms with E-state index in [1.165, 1.54) is 12.1 Å². The van der Waals surface area contributed by atoms with E-state index in [4.69, 9.17) is 15.2 Å². The third-order valence-corrected chi connectivity index (χ3v) is 2.77. The van der Waals surface area contributed by atoms with Gasteiger partial charge in [-0.25, -0.2) is 4.39 Å². The van der Waals surface area contributed by atoms with Crippen molar-refractivity contribution in [2.75, 3.05) is 20.3 Å². The van der Waals surface area contributed by atoms with Gasteiger partial charge in [-0.05, 0) is 24.1 Å². The van der Waals surface area contributed by atoms with Crippen LogP contribution in [0, 0.1) is 5.82 Å². The van der Waals surface area contributed by atoms with Crippen LogP contribution >= 0.6 is 0 Å². The first-order chi connectivity index (χ1) is 9.58. The van der Waals surface area contributed by atoms with Gasteiger partial charge in [-0.2, -0.15) is 0 Å². The van der Waals surface area contributed by atoms with Gasteiger partial charge in [-0.1, -0.05) is 13.0 Å². The van der Waals surface area contributed by atoms with Crippen molar-refractivity contribution in [1.82, 2.24) is 5.32 Å². The van der Waals surface area contributed by atoms with E-state index in [2.05, 4.69) is 5.32 Å². The van der Waals surface area contributed by atoms with Gasteiger partial charge in [0.2, 0.25) is 0 Å². The van der Waals surface area contributed by atoms with Crippen LogP contribution in [-0.4, -0.2) is 32.3 Å². The molecular weight excluding hydrogens is 263 g/mol. The topological polar surface area (TPSA) is 73.6 Å². The van der Waals surface area contributed by atoms with E-state index in [0.29, 0.717) is 26.1 Å². The van der Waals surface area contributed by atoms with Crippen LogP contribution in [-0.2, 0) is 16.1 Å². The van der Waals surface area contributed by atoms with Gasteiger partial charge in [0.1, 0.15) is 0 Å². The molecule has 112 valence electrons. The zero-order valence-corrected chi connectivity index (χ0v) is 11.8. The standard InChI is InChI=1S/C14H21FN2O3/c1-3-12(14(16)18)20-13-5-4-10(8-11(13)15)9-17-6-7-19-2/h4-5,8,12,17H,3,6-7,9H2,1-2H3,(H2,16,18). The van der Waals surface area contributed by atoms with E-state index in [1.54, 1.807) is 20.1 Å². The van der Waals surface area contributed by atoms with E-state index >= 15 is 0 Å². The normalized spacial score (nSPS) is 12.2. The number of carbonyl (C=O) groups excluding carboxylic acids is 1. The molecule has 1 unspecified atom stereocenters. The molecular formula is C14H21FN2O3. The summed E-state index contributed by atoms with van der Waals surface area (Å²) in [6.07, 6.45) is -0.412. The maximum Gasteiger partial charge on any atom is 0.258 e. The molecule has 0 aliphatic rings. The monoisotopic (exact) mass is 284 g/mol. The number of amides is 1. The Morgan fingerprint density at radius 3 is 2.80 bits per heavy atom. The third-order valence-electron chi connectivity index (χ3n) is 2.77. The largest absolute Gasteiger partial charge is 0.478 e. The van der Waals surface area contributed by atoms with Gasteiger partial charge in [0.05, 0.1) is 6.61 Å². The molecule has 5 nitrogen and oxygen atoms in total. The summed E-state index contributed by atoms with van der Waals surface area (Å²) in [7, 11) is 1.62. The molecule has 0 saturated heterocycles. The number of hydrogen-bond donors (Lipinski definition) is 2. The van der Waals surface area contributed by atoms with Crippen molar-refractivity contribution >= 4 is 5.91 Å². The fourth-order valence-corrected chi connectivity index (χ4v) is 1.65. The lowest BCUT2D eigenvalue weighted by Gasteiger charge is -2.15. The first-order valence-electron chi connectivity index (χ1n) is 6.52. The van der Waals surface area contributed by atoms with Crippen molar-refractivity contribution in [2.24, 2.45) is 5.73 Å². The number of rotatable bonds is 9. The minimum Gasteiger partial charge on any atom is -0.478 e. The van der Waals surface area contributed by atoms with Crippen LogP contribution in [0.25, 0.3) is 0 Å². The van der Waals surface area contributed by atoms with Gasteiger partial charge in [-0.3, -0.25) is 4.79 Å². The van der Waals surface area contributed by atoms with E-state index in [-0.39, 0.29) is 5.75 Å². The average molecular weight is 284 g/mol. The molecule has 6 heteroatoms. The van der Waals surface area contributed by atoms with Gasteiger partial charge in [0, 0.05) is 20.2 Å². The van der Waals surface area contributed by atoms with E-state index in [9.17, 15) is 9.18 Å². The summed E-state index contributed by atoms with van der Waals surface area (Å²) in [5.74, 6) is -1.07. The molecule has 1 aromatic rings. The van der Waals surface area contributed by atoms with Crippen molar-refractivity contribution in [1.29, 1.82) is 0 Å². The van der Waals surface area contributed by atoms with Crippen LogP contribution in [0.5, 0.6) is 5.75 Å². The van der Waals surface area contributed by atoms with E-state index < -0.39 is 17.8 Å². The second-order valence-electron chi connectivity index (χ2n) is 4.35. The number of primary amides is 1. The second-order valence-corrected chi connectivity index (χ2v) is 4.35. The number of halogens is 1. The van der Waals surface area contributed by atoms with Crippen molar-refractivity contribution < 1.29 is 18.7 Å². The molecule has 0 aromatic heterocycles. The Morgan fingerprint density at radius 2 is 2.25 bits per heavy atom. The predicted molar refractivity (Wildman–Crippen MR) is 73.9 cm³/mol. The summed E-state index contributed by atoms with van der Waals surface area (Å²) in [6, 6.07) is 4.63. The van der Waals surface area contributed by atoms with Crippen molar-refractivity contribution in [3.8, 4) is 5.75 Å². The first kappa shape index (κ1) is 16.4. The lowest BCUT2D eigenvalue weighted by molar-refractivity contribution is -0.124. The highest BCUT2D eigenvalue weighted by Crippen LogP contribution is 2.20. The molecule has 1 rings (SSSR count). The highest BCUT2D eigenvalue weighted by atomic mass is 19.1. The number of hydrogen-bond acceptors (Lipinski definition) is 4. The second kappa shape index (κ2) is 8.50. The molecule has 0 aliphatic heterocycles. The van der Waals surface area contributed by atoms with Crippen molar-refractivity contribution in [3.05, 3.63) is 29.6 Å². The van der Waals surface area contributed by atoms with Crippen LogP contribution in [0.1, 0.15) is 18.9 Å². The van der Waals surface area contributed by atoms with Gasteiger partial charge < -0.3 is 20.5 Å². The highest BCUT2D eigenvalue weighted by Gasteiger charge is 2.16. The summed E-state index contributed by atoms with van der Waals surface area (Å²) < 4.78 is 24.0. The number of carbonyl (C=O) groups is 1. The SMILES string of the molecule is CCC(Oc1ccc(CNCCOC)cc1F)C(N)=O. The Balaban J connectivity index is 2.61. The number of nitrogens with one attached hydrogen (secondary N) is 1. The van der Waals surface area contributed by atoms with Crippen molar-refractivity contribution in [3.63, 3.8) is 0 Å². The molecule has 0 aliphatic carbocycles. The first-order valence-corrected chi connectivity index (χ1v) is 6.52. The summed E-state index contributed by atoms with van der Waals surface area (Å²) in [6.45, 7) is 3.57. The molecule has 0 fully saturated rings. The quantitative estimate of drug-likeness (QED) is 0.668. The van der Waals surface area contributed by atoms with Crippen molar-refractivity contribution in [2.45, 2.75) is 26.0 Å². The molecule has 1 amide bonds. The number of nitrogens with two attached hydrogens (primary N) is 1. The lowest BCUT2D eigenvalue weighted by Crippen LogP contribution is -2.33. The van der Waals surface area contributed by atoms with Crippen LogP contribution in [0.2, 0.25) is 0 Å². The summed E-state index contributed by atoms with van der Waals surface area (Å²) >= 11 is 0. The number of benzene rings is 1. The Bertz CT molecular complexity index is 440. The number of methoxy groups -OCH3 is 1. The highest BCUT2D eigenvalue weighted by molar-refractivity contribution is 5.79. The van der Waals surface area contributed by atoms with Crippen LogP contribution in [0.3, 0.4) is 0 Å². The van der Waals surface area contributed by atoms with Crippen LogP contribution in [0.15, 0.2) is 18.2 Å². The van der Waals surface area contributed by atoms with Gasteiger partial charge >= 0.3 is 0 Å². The fraction of sp³-hybridized carbons (Fsp3) is 0.500. The summed E-state index contributed by atoms with van der Waals surface area (Å²) in [5.41, 5.74) is 5.95. The third kappa shape index (κ3) is 5.14. The zero-order valence-electron chi connectivity index (χ0n) is 11.8. The Kier molecular flexibility index (Phi) is 6.97. The van der Waals surface area contributed by atoms with Gasteiger partial charge in [0.25, 0.3) is 5.91 Å². The zero-order chi connectivity index (χ0) is 15.0. The molecule has 1 atom stereocenters. The number of ether oxygens (including phenoxy) is 2. The van der Waals surface area contributed by atoms with Gasteiger partial charge in [-0.15, -0.1) is 0 Å². The lowest BCUT2D eigenvalue weighted by atomic mass is 10.2. The maximum absolute atomic E-state index is 13.9.